The molecule has 0 atom stereocenters. The van der Waals surface area contributed by atoms with Crippen LogP contribution in [0, 0.1) is 3.57 Å². The van der Waals surface area contributed by atoms with E-state index in [1.54, 1.807) is 12.1 Å². The summed E-state index contributed by atoms with van der Waals surface area (Å²) in [6.07, 6.45) is 0. The van der Waals surface area contributed by atoms with E-state index < -0.39 is 17.1 Å². The van der Waals surface area contributed by atoms with E-state index in [1.807, 2.05) is 32.6 Å². The largest absolute Gasteiger partial charge is 0.338 e. The molecule has 17 heavy (non-hydrogen) atoms. The quantitative estimate of drug-likeness (QED) is 0.720. The third-order valence-corrected chi connectivity index (χ3v) is 2.97. The minimum Gasteiger partial charge on any atom is -0.258 e. The molecule has 88 valence electrons. The second kappa shape index (κ2) is 4.49. The van der Waals surface area contributed by atoms with Gasteiger partial charge in [0.05, 0.1) is 10.7 Å². The molecule has 6 nitrogen and oxygen atoms in total. The number of aromatic nitrogens is 3. The molecule has 0 amide bonds. The first-order valence-corrected chi connectivity index (χ1v) is 5.86. The third-order valence-electron chi connectivity index (χ3n) is 2.00. The van der Waals surface area contributed by atoms with Crippen molar-refractivity contribution in [1.29, 1.82) is 0 Å². The van der Waals surface area contributed by atoms with Gasteiger partial charge in [-0.15, -0.1) is 0 Å². The molecule has 2 aromatic rings. The maximum Gasteiger partial charge on any atom is 0.338 e. The van der Waals surface area contributed by atoms with Gasteiger partial charge < -0.3 is 0 Å². The minimum atomic E-state index is -0.849. The SMILES string of the molecule is O=c1[nH]c(=O)n(-c2ccc(I)cc2Cl)c(=O)[nH]1. The number of rotatable bonds is 1. The highest BCUT2D eigenvalue weighted by Gasteiger charge is 2.09. The predicted octanol–water partition coefficient (Wildman–Crippen LogP) is 0.472. The normalized spacial score (nSPS) is 10.5. The smallest absolute Gasteiger partial charge is 0.258 e. The molecule has 2 rings (SSSR count). The summed E-state index contributed by atoms with van der Waals surface area (Å²) in [5.41, 5.74) is -2.30. The van der Waals surface area contributed by atoms with Crippen molar-refractivity contribution in [3.63, 3.8) is 0 Å². The fourth-order valence-electron chi connectivity index (χ4n) is 1.31. The first-order valence-electron chi connectivity index (χ1n) is 4.40. The maximum atomic E-state index is 11.5. The highest BCUT2D eigenvalue weighted by Crippen LogP contribution is 2.20. The van der Waals surface area contributed by atoms with Crippen molar-refractivity contribution in [1.82, 2.24) is 14.5 Å². The van der Waals surface area contributed by atoms with Gasteiger partial charge in [0.25, 0.3) is 0 Å². The van der Waals surface area contributed by atoms with Gasteiger partial charge in [0, 0.05) is 3.57 Å². The average Bonchev–Trinajstić information content (AvgIpc) is 2.19. The molecular weight excluding hydrogens is 360 g/mol. The van der Waals surface area contributed by atoms with E-state index in [2.05, 4.69) is 0 Å². The summed E-state index contributed by atoms with van der Waals surface area (Å²) in [5, 5.41) is 0.247. The van der Waals surface area contributed by atoms with Crippen molar-refractivity contribution in [3.05, 3.63) is 58.2 Å². The minimum absolute atomic E-state index is 0.217. The van der Waals surface area contributed by atoms with E-state index >= 15 is 0 Å². The van der Waals surface area contributed by atoms with E-state index in [4.69, 9.17) is 11.6 Å². The lowest BCUT2D eigenvalue weighted by atomic mass is 10.3. The molecular formula is C9H5ClIN3O3. The van der Waals surface area contributed by atoms with Crippen molar-refractivity contribution in [2.45, 2.75) is 0 Å². The number of aromatic amines is 2. The van der Waals surface area contributed by atoms with Gasteiger partial charge >= 0.3 is 17.1 Å². The average molecular weight is 366 g/mol. The second-order valence-corrected chi connectivity index (χ2v) is 4.77. The van der Waals surface area contributed by atoms with Crippen LogP contribution in [0.15, 0.2) is 32.6 Å². The van der Waals surface area contributed by atoms with Crippen LogP contribution in [0.5, 0.6) is 0 Å². The Morgan fingerprint density at radius 1 is 1.12 bits per heavy atom. The highest BCUT2D eigenvalue weighted by atomic mass is 127. The van der Waals surface area contributed by atoms with Gasteiger partial charge in [0.2, 0.25) is 0 Å². The summed E-state index contributed by atoms with van der Waals surface area (Å²) >= 11 is 7.99. The lowest BCUT2D eigenvalue weighted by molar-refractivity contribution is 0.784. The standard InChI is InChI=1S/C9H5ClIN3O3/c10-5-3-4(11)1-2-6(5)14-8(16)12-7(15)13-9(14)17/h1-3H,(H2,12,13,15,16,17). The molecule has 8 heteroatoms. The van der Waals surface area contributed by atoms with Gasteiger partial charge in [0.1, 0.15) is 0 Å². The number of nitrogens with one attached hydrogen (secondary N) is 2. The summed E-state index contributed by atoms with van der Waals surface area (Å²) in [5.74, 6) is 0. The van der Waals surface area contributed by atoms with Crippen LogP contribution in [-0.2, 0) is 0 Å². The van der Waals surface area contributed by atoms with Crippen LogP contribution in [0.1, 0.15) is 0 Å². The molecule has 0 bridgehead atoms. The molecule has 2 N–H and O–H groups in total. The van der Waals surface area contributed by atoms with E-state index in [9.17, 15) is 14.4 Å². The van der Waals surface area contributed by atoms with Crippen LogP contribution >= 0.6 is 34.2 Å². The zero-order chi connectivity index (χ0) is 12.6. The molecule has 1 aromatic heterocycles. The Labute approximate surface area is 112 Å². The molecule has 0 aliphatic heterocycles. The van der Waals surface area contributed by atoms with Crippen molar-refractivity contribution in [2.75, 3.05) is 0 Å². The number of hydrogen-bond acceptors (Lipinski definition) is 3. The number of nitrogens with zero attached hydrogens (tertiary/aromatic N) is 1. The van der Waals surface area contributed by atoms with Crippen molar-refractivity contribution in [3.8, 4) is 5.69 Å². The Kier molecular flexibility index (Phi) is 3.20. The summed E-state index contributed by atoms with van der Waals surface area (Å²) in [4.78, 5) is 37.8. The second-order valence-electron chi connectivity index (χ2n) is 3.12. The Balaban J connectivity index is 2.82. The van der Waals surface area contributed by atoms with Gasteiger partial charge in [-0.1, -0.05) is 11.6 Å². The number of benzene rings is 1. The number of hydrogen-bond donors (Lipinski definition) is 2. The monoisotopic (exact) mass is 365 g/mol. The van der Waals surface area contributed by atoms with Gasteiger partial charge in [-0.2, -0.15) is 0 Å². The van der Waals surface area contributed by atoms with Gasteiger partial charge in [0.15, 0.2) is 0 Å². The molecule has 1 heterocycles. The Bertz CT molecular complexity index is 712. The number of halogens is 2. The maximum absolute atomic E-state index is 11.5. The molecule has 0 radical (unpaired) electrons. The zero-order valence-electron chi connectivity index (χ0n) is 8.16. The van der Waals surface area contributed by atoms with Gasteiger partial charge in [-0.3, -0.25) is 9.97 Å². The zero-order valence-corrected chi connectivity index (χ0v) is 11.1. The topological polar surface area (TPSA) is 87.7 Å². The summed E-state index contributed by atoms with van der Waals surface area (Å²) in [6, 6.07) is 4.83. The molecule has 1 aromatic carbocycles. The van der Waals surface area contributed by atoms with E-state index in [0.717, 1.165) is 8.14 Å². The predicted molar refractivity (Wildman–Crippen MR) is 71.0 cm³/mol. The van der Waals surface area contributed by atoms with Crippen LogP contribution in [0.4, 0.5) is 0 Å². The fourth-order valence-corrected chi connectivity index (χ4v) is 2.25. The van der Waals surface area contributed by atoms with Crippen LogP contribution in [0.2, 0.25) is 5.02 Å². The molecule has 0 saturated carbocycles. The summed E-state index contributed by atoms with van der Waals surface area (Å²) < 4.78 is 1.63. The molecule has 0 spiro atoms. The Morgan fingerprint density at radius 3 is 2.24 bits per heavy atom. The summed E-state index contributed by atoms with van der Waals surface area (Å²) in [7, 11) is 0. The summed E-state index contributed by atoms with van der Waals surface area (Å²) in [6.45, 7) is 0. The fraction of sp³-hybridized carbons (Fsp3) is 0. The molecule has 0 aliphatic carbocycles. The molecule has 0 saturated heterocycles. The Hall–Kier alpha value is -1.35. The van der Waals surface area contributed by atoms with Crippen LogP contribution in [-0.4, -0.2) is 14.5 Å². The van der Waals surface area contributed by atoms with Crippen molar-refractivity contribution >= 4 is 34.2 Å². The molecule has 0 fully saturated rings. The molecule has 0 aliphatic rings. The highest BCUT2D eigenvalue weighted by molar-refractivity contribution is 14.1. The number of H-pyrrole nitrogens is 2. The van der Waals surface area contributed by atoms with Gasteiger partial charge in [-0.25, -0.2) is 19.0 Å². The van der Waals surface area contributed by atoms with Crippen LogP contribution < -0.4 is 17.1 Å². The first kappa shape index (κ1) is 12.1. The van der Waals surface area contributed by atoms with Gasteiger partial charge in [-0.05, 0) is 40.8 Å². The van der Waals surface area contributed by atoms with Crippen LogP contribution in [0.3, 0.4) is 0 Å². The van der Waals surface area contributed by atoms with E-state index in [0.29, 0.717) is 0 Å². The molecule has 0 unspecified atom stereocenters. The lowest BCUT2D eigenvalue weighted by Crippen LogP contribution is -2.42. The van der Waals surface area contributed by atoms with Crippen LogP contribution in [0.25, 0.3) is 5.69 Å². The first-order chi connectivity index (χ1) is 7.99. The lowest BCUT2D eigenvalue weighted by Gasteiger charge is -2.05. The Morgan fingerprint density at radius 2 is 1.71 bits per heavy atom. The van der Waals surface area contributed by atoms with E-state index in [-0.39, 0.29) is 10.7 Å². The van der Waals surface area contributed by atoms with Crippen molar-refractivity contribution < 1.29 is 0 Å². The van der Waals surface area contributed by atoms with Crippen molar-refractivity contribution in [2.24, 2.45) is 0 Å². The third kappa shape index (κ3) is 2.34. The van der Waals surface area contributed by atoms with E-state index in [1.165, 1.54) is 6.07 Å².